The molecule has 2 unspecified atom stereocenters. The van der Waals surface area contributed by atoms with Crippen molar-refractivity contribution in [3.63, 3.8) is 0 Å². The van der Waals surface area contributed by atoms with Crippen LogP contribution in [0, 0.1) is 5.92 Å². The number of carbonyl (C=O) groups excluding carboxylic acids is 1. The van der Waals surface area contributed by atoms with Crippen LogP contribution in [0.3, 0.4) is 0 Å². The molecule has 5 nitrogen and oxygen atoms in total. The minimum atomic E-state index is -2.65. The molecule has 1 fully saturated rings. The van der Waals surface area contributed by atoms with E-state index in [1.165, 1.54) is 12.4 Å². The van der Waals surface area contributed by atoms with Crippen molar-refractivity contribution in [3.05, 3.63) is 18.2 Å². The average Bonchev–Trinajstić information content (AvgIpc) is 2.83. The first kappa shape index (κ1) is 14.9. The first-order valence-electron chi connectivity index (χ1n) is 6.78. The average molecular weight is 286 g/mol. The molecule has 0 saturated heterocycles. The number of carbonyl (C=O) groups is 1. The molecule has 1 aliphatic carbocycles. The van der Waals surface area contributed by atoms with E-state index in [1.54, 1.807) is 0 Å². The minimum Gasteiger partial charge on any atom is -0.349 e. The standard InChI is InChI=1S/C13H20F2N4O/c1-13(16)5-3-2-4-9(13)11(20)18-8-10-17-6-7-19(10)12(14)15/h6-7,9,12H,2-5,8,16H2,1H3,(H,18,20). The van der Waals surface area contributed by atoms with E-state index in [2.05, 4.69) is 10.3 Å². The summed E-state index contributed by atoms with van der Waals surface area (Å²) in [5.41, 5.74) is 5.62. The summed E-state index contributed by atoms with van der Waals surface area (Å²) in [6.07, 6.45) is 6.02. The zero-order valence-corrected chi connectivity index (χ0v) is 11.5. The van der Waals surface area contributed by atoms with Gasteiger partial charge in [-0.25, -0.2) is 4.98 Å². The van der Waals surface area contributed by atoms with E-state index in [0.717, 1.165) is 30.3 Å². The Kier molecular flexibility index (Phi) is 4.37. The lowest BCUT2D eigenvalue weighted by Crippen LogP contribution is -2.52. The summed E-state index contributed by atoms with van der Waals surface area (Å²) in [7, 11) is 0. The van der Waals surface area contributed by atoms with E-state index in [4.69, 9.17) is 5.73 Å². The molecular weight excluding hydrogens is 266 g/mol. The number of halogens is 2. The van der Waals surface area contributed by atoms with Crippen molar-refractivity contribution in [3.8, 4) is 0 Å². The second kappa shape index (κ2) is 5.87. The fraction of sp³-hybridized carbons (Fsp3) is 0.692. The second-order valence-electron chi connectivity index (χ2n) is 5.55. The van der Waals surface area contributed by atoms with Crippen LogP contribution in [-0.2, 0) is 11.3 Å². The molecule has 1 aromatic rings. The summed E-state index contributed by atoms with van der Waals surface area (Å²) < 4.78 is 26.0. The summed E-state index contributed by atoms with van der Waals surface area (Å²) in [6.45, 7) is -0.793. The zero-order chi connectivity index (χ0) is 14.8. The maximum atomic E-state index is 12.7. The van der Waals surface area contributed by atoms with E-state index in [-0.39, 0.29) is 24.2 Å². The van der Waals surface area contributed by atoms with Crippen LogP contribution in [0.15, 0.2) is 12.4 Å². The highest BCUT2D eigenvalue weighted by molar-refractivity contribution is 5.80. The van der Waals surface area contributed by atoms with Gasteiger partial charge >= 0.3 is 6.55 Å². The number of imidazole rings is 1. The Hall–Kier alpha value is -1.50. The van der Waals surface area contributed by atoms with E-state index in [9.17, 15) is 13.6 Å². The first-order valence-corrected chi connectivity index (χ1v) is 6.78. The molecule has 0 aliphatic heterocycles. The largest absolute Gasteiger partial charge is 0.349 e. The highest BCUT2D eigenvalue weighted by atomic mass is 19.3. The predicted octanol–water partition coefficient (Wildman–Crippen LogP) is 1.80. The number of amides is 1. The highest BCUT2D eigenvalue weighted by Gasteiger charge is 2.37. The van der Waals surface area contributed by atoms with Gasteiger partial charge in [-0.1, -0.05) is 12.8 Å². The van der Waals surface area contributed by atoms with Crippen molar-refractivity contribution in [1.82, 2.24) is 14.9 Å². The number of rotatable bonds is 4. The van der Waals surface area contributed by atoms with Crippen LogP contribution in [-0.4, -0.2) is 21.0 Å². The van der Waals surface area contributed by atoms with E-state index in [1.807, 2.05) is 6.92 Å². The Morgan fingerprint density at radius 1 is 1.65 bits per heavy atom. The van der Waals surface area contributed by atoms with Crippen LogP contribution in [0.25, 0.3) is 0 Å². The van der Waals surface area contributed by atoms with Crippen LogP contribution < -0.4 is 11.1 Å². The van der Waals surface area contributed by atoms with Gasteiger partial charge in [0.05, 0.1) is 12.5 Å². The molecule has 3 N–H and O–H groups in total. The fourth-order valence-corrected chi connectivity index (χ4v) is 2.74. The number of nitrogens with one attached hydrogen (secondary N) is 1. The molecule has 1 aliphatic rings. The van der Waals surface area contributed by atoms with Gasteiger partial charge in [0, 0.05) is 17.9 Å². The van der Waals surface area contributed by atoms with Crippen molar-refractivity contribution < 1.29 is 13.6 Å². The molecule has 1 aromatic heterocycles. The lowest BCUT2D eigenvalue weighted by Gasteiger charge is -2.37. The summed E-state index contributed by atoms with van der Waals surface area (Å²) >= 11 is 0. The summed E-state index contributed by atoms with van der Waals surface area (Å²) in [4.78, 5) is 16.0. The summed E-state index contributed by atoms with van der Waals surface area (Å²) in [5, 5.41) is 2.67. The maximum absolute atomic E-state index is 12.7. The summed E-state index contributed by atoms with van der Waals surface area (Å²) in [6, 6.07) is 0. The first-order chi connectivity index (χ1) is 9.42. The maximum Gasteiger partial charge on any atom is 0.319 e. The molecule has 7 heteroatoms. The molecule has 112 valence electrons. The van der Waals surface area contributed by atoms with Crippen LogP contribution in [0.1, 0.15) is 45.0 Å². The SMILES string of the molecule is CC1(N)CCCCC1C(=O)NCc1nccn1C(F)F. The van der Waals surface area contributed by atoms with Gasteiger partial charge in [0.1, 0.15) is 5.82 Å². The van der Waals surface area contributed by atoms with Gasteiger partial charge in [-0.2, -0.15) is 8.78 Å². The Labute approximate surface area is 116 Å². The number of aromatic nitrogens is 2. The second-order valence-corrected chi connectivity index (χ2v) is 5.55. The Morgan fingerprint density at radius 2 is 2.40 bits per heavy atom. The Bertz CT molecular complexity index is 473. The molecule has 2 rings (SSSR count). The number of nitrogens with zero attached hydrogens (tertiary/aromatic N) is 2. The third-order valence-electron chi connectivity index (χ3n) is 3.95. The molecule has 1 saturated carbocycles. The Balaban J connectivity index is 1.96. The van der Waals surface area contributed by atoms with E-state index < -0.39 is 12.1 Å². The molecule has 2 atom stereocenters. The van der Waals surface area contributed by atoms with Gasteiger partial charge < -0.3 is 11.1 Å². The van der Waals surface area contributed by atoms with Crippen molar-refractivity contribution in [2.75, 3.05) is 0 Å². The van der Waals surface area contributed by atoms with Crippen molar-refractivity contribution in [2.24, 2.45) is 11.7 Å². The number of hydrogen-bond acceptors (Lipinski definition) is 3. The number of nitrogens with two attached hydrogens (primary N) is 1. The van der Waals surface area contributed by atoms with Crippen LogP contribution in [0.2, 0.25) is 0 Å². The predicted molar refractivity (Wildman–Crippen MR) is 69.9 cm³/mol. The molecule has 1 amide bonds. The van der Waals surface area contributed by atoms with Crippen LogP contribution >= 0.6 is 0 Å². The molecular formula is C13H20F2N4O. The molecule has 0 radical (unpaired) electrons. The Morgan fingerprint density at radius 3 is 3.05 bits per heavy atom. The molecule has 0 bridgehead atoms. The molecule has 0 aromatic carbocycles. The smallest absolute Gasteiger partial charge is 0.319 e. The highest BCUT2D eigenvalue weighted by Crippen LogP contribution is 2.31. The van der Waals surface area contributed by atoms with E-state index in [0.29, 0.717) is 0 Å². The van der Waals surface area contributed by atoms with Crippen LogP contribution in [0.5, 0.6) is 0 Å². The van der Waals surface area contributed by atoms with Gasteiger partial charge in [0.15, 0.2) is 0 Å². The van der Waals surface area contributed by atoms with Crippen LogP contribution in [0.4, 0.5) is 8.78 Å². The van der Waals surface area contributed by atoms with Crippen molar-refractivity contribution in [2.45, 2.75) is 51.2 Å². The third-order valence-corrected chi connectivity index (χ3v) is 3.95. The van der Waals surface area contributed by atoms with Gasteiger partial charge in [-0.05, 0) is 19.8 Å². The van der Waals surface area contributed by atoms with Gasteiger partial charge in [-0.3, -0.25) is 9.36 Å². The normalized spacial score (nSPS) is 26.8. The summed E-state index contributed by atoms with van der Waals surface area (Å²) in [5.74, 6) is -0.312. The molecule has 0 spiro atoms. The van der Waals surface area contributed by atoms with Crippen molar-refractivity contribution >= 4 is 5.91 Å². The van der Waals surface area contributed by atoms with Crippen molar-refractivity contribution in [1.29, 1.82) is 0 Å². The minimum absolute atomic E-state index is 0.0112. The molecule has 1 heterocycles. The zero-order valence-electron chi connectivity index (χ0n) is 11.5. The fourth-order valence-electron chi connectivity index (χ4n) is 2.74. The quantitative estimate of drug-likeness (QED) is 0.886. The molecule has 20 heavy (non-hydrogen) atoms. The number of alkyl halides is 2. The van der Waals surface area contributed by atoms with Gasteiger partial charge in [0.2, 0.25) is 5.91 Å². The topological polar surface area (TPSA) is 72.9 Å². The van der Waals surface area contributed by atoms with Gasteiger partial charge in [-0.15, -0.1) is 0 Å². The third kappa shape index (κ3) is 3.15. The number of hydrogen-bond donors (Lipinski definition) is 2. The lowest BCUT2D eigenvalue weighted by atomic mass is 9.74. The van der Waals surface area contributed by atoms with Gasteiger partial charge in [0.25, 0.3) is 0 Å². The monoisotopic (exact) mass is 286 g/mol. The van der Waals surface area contributed by atoms with E-state index >= 15 is 0 Å². The lowest BCUT2D eigenvalue weighted by molar-refractivity contribution is -0.128.